The average molecular weight is 183 g/mol. The average Bonchev–Trinajstić information content (AvgIpc) is 1.99. The van der Waals surface area contributed by atoms with Gasteiger partial charge in [0.15, 0.2) is 0 Å². The highest BCUT2D eigenvalue weighted by Gasteiger charge is 2.20. The number of nitrogens with zero attached hydrogens (tertiary/aromatic N) is 1. The van der Waals surface area contributed by atoms with Gasteiger partial charge in [-0.1, -0.05) is 12.3 Å². The van der Waals surface area contributed by atoms with Crippen molar-refractivity contribution in [2.45, 2.75) is 39.8 Å². The lowest BCUT2D eigenvalue weighted by atomic mass is 10.2. The number of ether oxygens (including phenoxy) is 1. The van der Waals surface area contributed by atoms with Gasteiger partial charge in [-0.3, -0.25) is 0 Å². The molecule has 0 aromatic heterocycles. The molecular formula is C10H17NO2. The molecule has 3 nitrogen and oxygen atoms in total. The standard InChI is InChI=1S/C10H17NO2/c1-6-7-13-10(12)11(8(2)3)9(4)5/h7-9H,1H2,2-5H3. The van der Waals surface area contributed by atoms with Crippen molar-refractivity contribution in [2.24, 2.45) is 0 Å². The van der Waals surface area contributed by atoms with Crippen molar-refractivity contribution in [3.05, 3.63) is 18.6 Å². The summed E-state index contributed by atoms with van der Waals surface area (Å²) in [6, 6.07) is 0.261. The molecule has 0 heterocycles. The zero-order valence-electron chi connectivity index (χ0n) is 8.70. The minimum absolute atomic E-state index is 0.130. The van der Waals surface area contributed by atoms with E-state index in [2.05, 4.69) is 12.3 Å². The molecule has 0 aliphatic heterocycles. The molecule has 74 valence electrons. The van der Waals surface area contributed by atoms with Gasteiger partial charge in [0.1, 0.15) is 6.26 Å². The van der Waals surface area contributed by atoms with Gasteiger partial charge < -0.3 is 9.64 Å². The lowest BCUT2D eigenvalue weighted by molar-refractivity contribution is 0.109. The summed E-state index contributed by atoms with van der Waals surface area (Å²) >= 11 is 0. The molecule has 0 fully saturated rings. The molecule has 0 aromatic rings. The van der Waals surface area contributed by atoms with Gasteiger partial charge in [0.2, 0.25) is 0 Å². The van der Waals surface area contributed by atoms with Crippen LogP contribution < -0.4 is 0 Å². The van der Waals surface area contributed by atoms with E-state index >= 15 is 0 Å². The molecule has 0 aliphatic carbocycles. The van der Waals surface area contributed by atoms with Gasteiger partial charge in [0.05, 0.1) is 0 Å². The maximum Gasteiger partial charge on any atom is 0.415 e. The van der Waals surface area contributed by atoms with Crippen LogP contribution in [0, 0.1) is 0 Å². The molecule has 0 rings (SSSR count). The zero-order valence-corrected chi connectivity index (χ0v) is 8.70. The molecule has 3 heteroatoms. The van der Waals surface area contributed by atoms with Crippen LogP contribution in [0.15, 0.2) is 18.6 Å². The van der Waals surface area contributed by atoms with Crippen LogP contribution in [0.25, 0.3) is 0 Å². The first kappa shape index (κ1) is 11.8. The highest BCUT2D eigenvalue weighted by molar-refractivity contribution is 5.68. The second-order valence-corrected chi connectivity index (χ2v) is 3.30. The van der Waals surface area contributed by atoms with E-state index in [1.807, 2.05) is 27.7 Å². The van der Waals surface area contributed by atoms with Gasteiger partial charge in [-0.15, -0.1) is 0 Å². The summed E-state index contributed by atoms with van der Waals surface area (Å²) in [4.78, 5) is 13.0. The fourth-order valence-electron chi connectivity index (χ4n) is 1.17. The Morgan fingerprint density at radius 3 is 2.15 bits per heavy atom. The molecule has 0 bridgehead atoms. The topological polar surface area (TPSA) is 29.5 Å². The number of rotatable bonds is 3. The van der Waals surface area contributed by atoms with Crippen molar-refractivity contribution in [1.29, 1.82) is 0 Å². The maximum atomic E-state index is 11.4. The zero-order chi connectivity index (χ0) is 10.4. The lowest BCUT2D eigenvalue weighted by Crippen LogP contribution is -2.41. The molecule has 0 saturated carbocycles. The molecule has 0 aliphatic rings. The van der Waals surface area contributed by atoms with Crippen molar-refractivity contribution < 1.29 is 9.53 Å². The van der Waals surface area contributed by atoms with Crippen LogP contribution in [-0.4, -0.2) is 23.1 Å². The minimum atomic E-state index is -0.360. The molecule has 0 spiro atoms. The highest BCUT2D eigenvalue weighted by atomic mass is 16.5. The minimum Gasteiger partial charge on any atom is -0.410 e. The van der Waals surface area contributed by atoms with Crippen molar-refractivity contribution in [1.82, 2.24) is 4.90 Å². The Morgan fingerprint density at radius 2 is 1.85 bits per heavy atom. The van der Waals surface area contributed by atoms with Gasteiger partial charge in [-0.05, 0) is 27.7 Å². The Hall–Kier alpha value is -1.21. The molecule has 0 atom stereocenters. The molecule has 0 N–H and O–H groups in total. The molecule has 0 saturated heterocycles. The summed E-state index contributed by atoms with van der Waals surface area (Å²) in [5.41, 5.74) is 2.39. The maximum absolute atomic E-state index is 11.4. The Bertz CT molecular complexity index is 207. The summed E-state index contributed by atoms with van der Waals surface area (Å²) in [5.74, 6) is 0. The third kappa shape index (κ3) is 3.81. The van der Waals surface area contributed by atoms with E-state index in [4.69, 9.17) is 4.74 Å². The smallest absolute Gasteiger partial charge is 0.410 e. The Balaban J connectivity index is 4.37. The van der Waals surface area contributed by atoms with Crippen LogP contribution in [0.5, 0.6) is 0 Å². The SMILES string of the molecule is C=C=COC(=O)N(C(C)C)C(C)C. The fraction of sp³-hybridized carbons (Fsp3) is 0.600. The predicted octanol–water partition coefficient (Wildman–Crippen LogP) is 2.54. The largest absolute Gasteiger partial charge is 0.415 e. The Kier molecular flexibility index (Phi) is 4.93. The van der Waals surface area contributed by atoms with Crippen LogP contribution in [-0.2, 0) is 4.74 Å². The van der Waals surface area contributed by atoms with Crippen molar-refractivity contribution >= 4 is 6.09 Å². The number of amides is 1. The first-order valence-corrected chi connectivity index (χ1v) is 4.34. The van der Waals surface area contributed by atoms with Crippen LogP contribution in [0.4, 0.5) is 4.79 Å². The summed E-state index contributed by atoms with van der Waals surface area (Å²) in [6.45, 7) is 11.1. The van der Waals surface area contributed by atoms with Crippen molar-refractivity contribution in [3.63, 3.8) is 0 Å². The number of carbonyl (C=O) groups is 1. The summed E-state index contributed by atoms with van der Waals surface area (Å²) in [7, 11) is 0. The quantitative estimate of drug-likeness (QED) is 0.497. The second kappa shape index (κ2) is 5.44. The van der Waals surface area contributed by atoms with Crippen LogP contribution in [0.3, 0.4) is 0 Å². The monoisotopic (exact) mass is 183 g/mol. The van der Waals surface area contributed by atoms with Crippen molar-refractivity contribution in [3.8, 4) is 0 Å². The molecule has 0 aromatic carbocycles. The second-order valence-electron chi connectivity index (χ2n) is 3.30. The van der Waals surface area contributed by atoms with E-state index in [-0.39, 0.29) is 18.2 Å². The van der Waals surface area contributed by atoms with E-state index in [9.17, 15) is 4.79 Å². The van der Waals surface area contributed by atoms with E-state index < -0.39 is 0 Å². The normalized spacial score (nSPS) is 9.69. The fourth-order valence-corrected chi connectivity index (χ4v) is 1.17. The van der Waals surface area contributed by atoms with E-state index in [0.29, 0.717) is 0 Å². The first-order valence-electron chi connectivity index (χ1n) is 4.34. The van der Waals surface area contributed by atoms with Crippen LogP contribution >= 0.6 is 0 Å². The number of carbonyl (C=O) groups excluding carboxylic acids is 1. The Morgan fingerprint density at radius 1 is 1.38 bits per heavy atom. The third-order valence-electron chi connectivity index (χ3n) is 1.57. The molecule has 13 heavy (non-hydrogen) atoms. The molecule has 0 unspecified atom stereocenters. The lowest BCUT2D eigenvalue weighted by Gasteiger charge is -2.28. The molecular weight excluding hydrogens is 166 g/mol. The van der Waals surface area contributed by atoms with Gasteiger partial charge >= 0.3 is 6.09 Å². The van der Waals surface area contributed by atoms with E-state index in [1.165, 1.54) is 6.26 Å². The van der Waals surface area contributed by atoms with Gasteiger partial charge in [0, 0.05) is 12.1 Å². The number of hydrogen-bond donors (Lipinski definition) is 0. The van der Waals surface area contributed by atoms with E-state index in [0.717, 1.165) is 0 Å². The summed E-state index contributed by atoms with van der Waals surface area (Å²) < 4.78 is 4.76. The molecule has 1 amide bonds. The predicted molar refractivity (Wildman–Crippen MR) is 52.3 cm³/mol. The van der Waals surface area contributed by atoms with Crippen molar-refractivity contribution in [2.75, 3.05) is 0 Å². The highest BCUT2D eigenvalue weighted by Crippen LogP contribution is 2.07. The van der Waals surface area contributed by atoms with Gasteiger partial charge in [-0.25, -0.2) is 4.79 Å². The van der Waals surface area contributed by atoms with E-state index in [1.54, 1.807) is 4.90 Å². The van der Waals surface area contributed by atoms with Gasteiger partial charge in [-0.2, -0.15) is 0 Å². The van der Waals surface area contributed by atoms with Gasteiger partial charge in [0.25, 0.3) is 0 Å². The Labute approximate surface area is 79.7 Å². The third-order valence-corrected chi connectivity index (χ3v) is 1.57. The molecule has 0 radical (unpaired) electrons. The number of hydrogen-bond acceptors (Lipinski definition) is 2. The van der Waals surface area contributed by atoms with Crippen LogP contribution in [0.1, 0.15) is 27.7 Å². The first-order chi connectivity index (χ1) is 6.00. The van der Waals surface area contributed by atoms with Crippen LogP contribution in [0.2, 0.25) is 0 Å². The summed E-state index contributed by atoms with van der Waals surface area (Å²) in [6.07, 6.45) is 0.807. The summed E-state index contributed by atoms with van der Waals surface area (Å²) in [5, 5.41) is 0.